The lowest BCUT2D eigenvalue weighted by molar-refractivity contribution is 0.0974. The summed E-state index contributed by atoms with van der Waals surface area (Å²) in [7, 11) is 1.73. The molecule has 0 aliphatic rings. The van der Waals surface area contributed by atoms with Crippen LogP contribution in [0.5, 0.6) is 0 Å². The summed E-state index contributed by atoms with van der Waals surface area (Å²) in [5.74, 6) is 0.0227. The van der Waals surface area contributed by atoms with Crippen LogP contribution in [0, 0.1) is 5.41 Å². The highest BCUT2D eigenvalue weighted by molar-refractivity contribution is 5.95. The summed E-state index contributed by atoms with van der Waals surface area (Å²) >= 11 is 0. The van der Waals surface area contributed by atoms with Gasteiger partial charge in [-0.2, -0.15) is 0 Å². The first kappa shape index (κ1) is 23.2. The third kappa shape index (κ3) is 4.57. The van der Waals surface area contributed by atoms with Crippen LogP contribution in [0.15, 0.2) is 59.9 Å². The van der Waals surface area contributed by atoms with Gasteiger partial charge in [-0.3, -0.25) is 4.99 Å². The van der Waals surface area contributed by atoms with Gasteiger partial charge < -0.3 is 25.9 Å². The second-order valence-corrected chi connectivity index (χ2v) is 7.99. The Morgan fingerprint density at radius 1 is 1.24 bits per heavy atom. The molecule has 2 unspecified atom stereocenters. The fourth-order valence-electron chi connectivity index (χ4n) is 3.74. The van der Waals surface area contributed by atoms with Crippen molar-refractivity contribution in [2.24, 2.45) is 4.99 Å². The molecule has 3 aromatic heterocycles. The standard InChI is InChI=1S/C25H27N7O2/c1-25(34,18-6-4-3-5-7-18)22-11-21(31-24(27-2)32-22)20-15-30-23-19(20)10-16(14-29-23)17(12-26)13-28-8-9-33/h3-7,10-15,17,26,33-34H,8-9H2,1-2H3,(H,29,30)(H,27,31,32). The molecule has 0 radical (unpaired) electrons. The van der Waals surface area contributed by atoms with Crippen LogP contribution in [-0.2, 0) is 5.60 Å². The summed E-state index contributed by atoms with van der Waals surface area (Å²) in [5, 5.41) is 31.9. The van der Waals surface area contributed by atoms with E-state index in [9.17, 15) is 5.11 Å². The topological polar surface area (TPSA) is 143 Å². The number of aliphatic hydroxyl groups is 2. The number of nitrogens with zero attached hydrogens (tertiary/aromatic N) is 4. The molecule has 34 heavy (non-hydrogen) atoms. The van der Waals surface area contributed by atoms with Gasteiger partial charge in [-0.1, -0.05) is 30.3 Å². The highest BCUT2D eigenvalue weighted by Crippen LogP contribution is 2.33. The second-order valence-electron chi connectivity index (χ2n) is 7.99. The Morgan fingerprint density at radius 3 is 2.74 bits per heavy atom. The zero-order valence-electron chi connectivity index (χ0n) is 19.0. The maximum atomic E-state index is 11.4. The van der Waals surface area contributed by atoms with Crippen LogP contribution in [0.2, 0.25) is 0 Å². The van der Waals surface area contributed by atoms with E-state index in [1.54, 1.807) is 32.4 Å². The van der Waals surface area contributed by atoms with Gasteiger partial charge >= 0.3 is 0 Å². The Kier molecular flexibility index (Phi) is 6.76. The molecule has 0 spiro atoms. The first-order valence-corrected chi connectivity index (χ1v) is 10.9. The van der Waals surface area contributed by atoms with Crippen LogP contribution in [0.25, 0.3) is 22.3 Å². The van der Waals surface area contributed by atoms with Crippen molar-refractivity contribution in [3.63, 3.8) is 0 Å². The van der Waals surface area contributed by atoms with Gasteiger partial charge in [0.2, 0.25) is 5.95 Å². The number of pyridine rings is 1. The lowest BCUT2D eigenvalue weighted by Crippen LogP contribution is -2.25. The number of H-pyrrole nitrogens is 1. The summed E-state index contributed by atoms with van der Waals surface area (Å²) in [6.07, 6.45) is 6.45. The Hall–Kier alpha value is -3.95. The van der Waals surface area contributed by atoms with E-state index < -0.39 is 5.60 Å². The predicted octanol–water partition coefficient (Wildman–Crippen LogP) is 3.11. The summed E-state index contributed by atoms with van der Waals surface area (Å²) < 4.78 is 0. The van der Waals surface area contributed by atoms with Crippen molar-refractivity contribution < 1.29 is 10.2 Å². The Balaban J connectivity index is 1.81. The SMILES string of the molecule is CNc1nc(-c2c[nH]c3ncc(C(C=N)C=NCCO)cc23)cc(C(C)(O)c2ccccc2)n1. The molecule has 1 aromatic carbocycles. The number of anilines is 1. The summed E-state index contributed by atoms with van der Waals surface area (Å²) in [5.41, 5.74) is 2.75. The van der Waals surface area contributed by atoms with Gasteiger partial charge in [0.1, 0.15) is 11.2 Å². The highest BCUT2D eigenvalue weighted by Gasteiger charge is 2.29. The minimum absolute atomic E-state index is 0.0446. The Labute approximate surface area is 197 Å². The van der Waals surface area contributed by atoms with Crippen LogP contribution < -0.4 is 5.32 Å². The second kappa shape index (κ2) is 9.90. The number of rotatable bonds is 9. The number of aliphatic hydroxyl groups excluding tert-OH is 1. The molecule has 4 aromatic rings. The van der Waals surface area contributed by atoms with Gasteiger partial charge in [0.25, 0.3) is 0 Å². The smallest absolute Gasteiger partial charge is 0.223 e. The Bertz CT molecular complexity index is 1320. The molecular formula is C25H27N7O2. The molecule has 0 saturated heterocycles. The zero-order valence-corrected chi connectivity index (χ0v) is 19.0. The van der Waals surface area contributed by atoms with Gasteiger partial charge in [0, 0.05) is 42.8 Å². The van der Waals surface area contributed by atoms with E-state index in [-0.39, 0.29) is 19.1 Å². The van der Waals surface area contributed by atoms with Gasteiger partial charge in [0.15, 0.2) is 0 Å². The lowest BCUT2D eigenvalue weighted by atomic mass is 9.91. The molecule has 0 fully saturated rings. The molecule has 3 heterocycles. The monoisotopic (exact) mass is 457 g/mol. The number of fused-ring (bicyclic) bond motifs is 1. The zero-order chi connectivity index (χ0) is 24.1. The lowest BCUT2D eigenvalue weighted by Gasteiger charge is -2.24. The first-order valence-electron chi connectivity index (χ1n) is 10.9. The molecule has 0 saturated carbocycles. The third-order valence-electron chi connectivity index (χ3n) is 5.67. The van der Waals surface area contributed by atoms with E-state index >= 15 is 0 Å². The van der Waals surface area contributed by atoms with Crippen LogP contribution >= 0.6 is 0 Å². The number of aromatic nitrogens is 4. The van der Waals surface area contributed by atoms with Crippen molar-refractivity contribution in [1.82, 2.24) is 19.9 Å². The maximum absolute atomic E-state index is 11.4. The number of aliphatic imine (C=N–C) groups is 1. The molecule has 4 rings (SSSR count). The molecular weight excluding hydrogens is 430 g/mol. The first-order chi connectivity index (χ1) is 16.5. The third-order valence-corrected chi connectivity index (χ3v) is 5.67. The fraction of sp³-hybridized carbons (Fsp3) is 0.240. The average molecular weight is 458 g/mol. The summed E-state index contributed by atoms with van der Waals surface area (Å²) in [4.78, 5) is 21.0. The normalized spacial score (nSPS) is 14.2. The van der Waals surface area contributed by atoms with E-state index in [2.05, 4.69) is 30.2 Å². The maximum Gasteiger partial charge on any atom is 0.223 e. The van der Waals surface area contributed by atoms with Crippen molar-refractivity contribution in [2.75, 3.05) is 25.5 Å². The van der Waals surface area contributed by atoms with Gasteiger partial charge in [-0.25, -0.2) is 15.0 Å². The Morgan fingerprint density at radius 2 is 2.03 bits per heavy atom. The number of benzene rings is 1. The molecule has 0 aliphatic heterocycles. The predicted molar refractivity (Wildman–Crippen MR) is 134 cm³/mol. The van der Waals surface area contributed by atoms with Crippen molar-refractivity contribution >= 4 is 29.4 Å². The molecule has 174 valence electrons. The van der Waals surface area contributed by atoms with Crippen LogP contribution in [-0.4, -0.2) is 62.8 Å². The molecule has 0 bridgehead atoms. The highest BCUT2D eigenvalue weighted by atomic mass is 16.3. The van der Waals surface area contributed by atoms with E-state index in [1.807, 2.05) is 42.6 Å². The van der Waals surface area contributed by atoms with Gasteiger partial charge in [-0.05, 0) is 30.2 Å². The average Bonchev–Trinajstić information content (AvgIpc) is 3.30. The van der Waals surface area contributed by atoms with Crippen molar-refractivity contribution in [3.8, 4) is 11.3 Å². The number of nitrogens with one attached hydrogen (secondary N) is 3. The fourth-order valence-corrected chi connectivity index (χ4v) is 3.74. The summed E-state index contributed by atoms with van der Waals surface area (Å²) in [6, 6.07) is 13.1. The van der Waals surface area contributed by atoms with E-state index in [0.717, 1.165) is 22.1 Å². The summed E-state index contributed by atoms with van der Waals surface area (Å²) in [6.45, 7) is 1.95. The van der Waals surface area contributed by atoms with Gasteiger partial charge in [0.05, 0.1) is 30.5 Å². The van der Waals surface area contributed by atoms with E-state index in [1.165, 1.54) is 6.21 Å². The van der Waals surface area contributed by atoms with Crippen LogP contribution in [0.3, 0.4) is 0 Å². The molecule has 9 heteroatoms. The molecule has 0 aliphatic carbocycles. The molecule has 9 nitrogen and oxygen atoms in total. The largest absolute Gasteiger partial charge is 0.394 e. The van der Waals surface area contributed by atoms with Crippen molar-refractivity contribution in [1.29, 1.82) is 5.41 Å². The van der Waals surface area contributed by atoms with Gasteiger partial charge in [-0.15, -0.1) is 0 Å². The van der Waals surface area contributed by atoms with Crippen molar-refractivity contribution in [2.45, 2.75) is 18.4 Å². The minimum Gasteiger partial charge on any atom is -0.394 e. The van der Waals surface area contributed by atoms with Crippen molar-refractivity contribution in [3.05, 3.63) is 71.7 Å². The molecule has 2 atom stereocenters. The minimum atomic E-state index is -1.32. The van der Waals surface area contributed by atoms with Crippen LogP contribution in [0.1, 0.15) is 29.7 Å². The molecule has 5 N–H and O–H groups in total. The quantitative estimate of drug-likeness (QED) is 0.244. The van der Waals surface area contributed by atoms with E-state index in [0.29, 0.717) is 23.0 Å². The number of aromatic amines is 1. The number of hydrogen-bond donors (Lipinski definition) is 5. The number of hydrogen-bond acceptors (Lipinski definition) is 8. The van der Waals surface area contributed by atoms with Crippen LogP contribution in [0.4, 0.5) is 5.95 Å². The molecule has 0 amide bonds. The van der Waals surface area contributed by atoms with E-state index in [4.69, 9.17) is 10.5 Å².